The molecule has 0 aromatic carbocycles. The van der Waals surface area contributed by atoms with Gasteiger partial charge in [0, 0.05) is 6.20 Å². The van der Waals surface area contributed by atoms with Crippen LogP contribution in [0.25, 0.3) is 0 Å². The smallest absolute Gasteiger partial charge is 0.307 e. The molecule has 0 bridgehead atoms. The summed E-state index contributed by atoms with van der Waals surface area (Å²) in [6, 6.07) is 5.24. The first-order chi connectivity index (χ1) is 9.11. The molecule has 1 aromatic rings. The van der Waals surface area contributed by atoms with Crippen molar-refractivity contribution in [3.05, 3.63) is 24.4 Å². The summed E-state index contributed by atoms with van der Waals surface area (Å²) in [4.78, 5) is 27.4. The van der Waals surface area contributed by atoms with Gasteiger partial charge in [-0.05, 0) is 30.9 Å². The number of carbonyl (C=O) groups is 2. The molecule has 3 unspecified atom stereocenters. The van der Waals surface area contributed by atoms with E-state index in [0.717, 1.165) is 6.42 Å². The summed E-state index contributed by atoms with van der Waals surface area (Å²) in [7, 11) is 0. The van der Waals surface area contributed by atoms with E-state index < -0.39 is 17.8 Å². The van der Waals surface area contributed by atoms with E-state index >= 15 is 0 Å². The number of hydrogen-bond acceptors (Lipinski definition) is 3. The van der Waals surface area contributed by atoms with E-state index in [1.165, 1.54) is 0 Å². The van der Waals surface area contributed by atoms with Crippen molar-refractivity contribution in [2.75, 3.05) is 5.32 Å². The Kier molecular flexibility index (Phi) is 4.14. The lowest BCUT2D eigenvalue weighted by molar-refractivity contribution is -0.145. The van der Waals surface area contributed by atoms with Crippen molar-refractivity contribution in [3.8, 4) is 0 Å². The number of aromatic nitrogens is 1. The van der Waals surface area contributed by atoms with E-state index in [4.69, 9.17) is 0 Å². The van der Waals surface area contributed by atoms with Crippen LogP contribution in [-0.2, 0) is 9.59 Å². The van der Waals surface area contributed by atoms with Gasteiger partial charge in [0.25, 0.3) is 0 Å². The number of nitrogens with zero attached hydrogens (tertiary/aromatic N) is 1. The molecule has 0 spiro atoms. The van der Waals surface area contributed by atoms with Crippen LogP contribution in [0, 0.1) is 17.8 Å². The number of carbonyl (C=O) groups excluding carboxylic acids is 1. The van der Waals surface area contributed by atoms with Gasteiger partial charge in [0.2, 0.25) is 5.91 Å². The van der Waals surface area contributed by atoms with Crippen molar-refractivity contribution in [2.24, 2.45) is 17.8 Å². The molecule has 1 fully saturated rings. The Morgan fingerprint density at radius 2 is 2.11 bits per heavy atom. The third-order valence-electron chi connectivity index (χ3n) is 3.81. The standard InChI is InChI=1S/C14H18N2O3/c1-2-9-7-10(11(8-9)14(18)19)13(17)16-12-5-3-4-6-15-12/h3-6,9-11H,2,7-8H2,1H3,(H,18,19)(H,15,16,17). The van der Waals surface area contributed by atoms with Gasteiger partial charge in [0.05, 0.1) is 11.8 Å². The van der Waals surface area contributed by atoms with E-state index in [9.17, 15) is 14.7 Å². The Bertz CT molecular complexity index is 461. The summed E-state index contributed by atoms with van der Waals surface area (Å²) in [6.07, 6.45) is 3.74. The maximum Gasteiger partial charge on any atom is 0.307 e. The van der Waals surface area contributed by atoms with Gasteiger partial charge in [-0.25, -0.2) is 4.98 Å². The molecule has 1 heterocycles. The van der Waals surface area contributed by atoms with Crippen LogP contribution in [0.15, 0.2) is 24.4 Å². The van der Waals surface area contributed by atoms with Crippen LogP contribution in [0.4, 0.5) is 5.82 Å². The Hall–Kier alpha value is -1.91. The van der Waals surface area contributed by atoms with Gasteiger partial charge in [-0.3, -0.25) is 9.59 Å². The van der Waals surface area contributed by atoms with Gasteiger partial charge < -0.3 is 10.4 Å². The molecule has 2 rings (SSSR count). The predicted octanol–water partition coefficient (Wildman–Crippen LogP) is 2.16. The molecule has 0 saturated heterocycles. The van der Waals surface area contributed by atoms with Crippen molar-refractivity contribution in [2.45, 2.75) is 26.2 Å². The lowest BCUT2D eigenvalue weighted by Gasteiger charge is -2.14. The zero-order valence-electron chi connectivity index (χ0n) is 10.9. The zero-order valence-corrected chi connectivity index (χ0v) is 10.9. The lowest BCUT2D eigenvalue weighted by atomic mass is 9.95. The highest BCUT2D eigenvalue weighted by Crippen LogP contribution is 2.38. The third-order valence-corrected chi connectivity index (χ3v) is 3.81. The van der Waals surface area contributed by atoms with E-state index in [0.29, 0.717) is 24.6 Å². The van der Waals surface area contributed by atoms with Crippen molar-refractivity contribution < 1.29 is 14.7 Å². The molecule has 0 radical (unpaired) electrons. The molecule has 102 valence electrons. The highest BCUT2D eigenvalue weighted by molar-refractivity contribution is 5.94. The van der Waals surface area contributed by atoms with Crippen LogP contribution in [0.5, 0.6) is 0 Å². The molecule has 2 N–H and O–H groups in total. The van der Waals surface area contributed by atoms with Crippen LogP contribution >= 0.6 is 0 Å². The first kappa shape index (κ1) is 13.5. The number of carboxylic acids is 1. The maximum atomic E-state index is 12.2. The average Bonchev–Trinajstić information content (AvgIpc) is 2.84. The minimum Gasteiger partial charge on any atom is -0.481 e. The molecular formula is C14H18N2O3. The quantitative estimate of drug-likeness (QED) is 0.871. The number of hydrogen-bond donors (Lipinski definition) is 2. The molecule has 5 nitrogen and oxygen atoms in total. The van der Waals surface area contributed by atoms with Gasteiger partial charge >= 0.3 is 5.97 Å². The van der Waals surface area contributed by atoms with Crippen molar-refractivity contribution in [1.82, 2.24) is 4.98 Å². The van der Waals surface area contributed by atoms with Crippen LogP contribution < -0.4 is 5.32 Å². The predicted molar refractivity (Wildman–Crippen MR) is 70.5 cm³/mol. The number of amides is 1. The molecule has 1 amide bonds. The van der Waals surface area contributed by atoms with Crippen LogP contribution in [0.2, 0.25) is 0 Å². The number of nitrogens with one attached hydrogen (secondary N) is 1. The Labute approximate surface area is 112 Å². The van der Waals surface area contributed by atoms with Gasteiger partial charge in [0.15, 0.2) is 0 Å². The minimum absolute atomic E-state index is 0.234. The normalized spacial score (nSPS) is 26.1. The average molecular weight is 262 g/mol. The second kappa shape index (κ2) is 5.82. The molecule has 19 heavy (non-hydrogen) atoms. The number of carboxylic acid groups (broad SMARTS) is 1. The number of pyridine rings is 1. The summed E-state index contributed by atoms with van der Waals surface area (Å²) in [6.45, 7) is 2.03. The fourth-order valence-corrected chi connectivity index (χ4v) is 2.69. The Morgan fingerprint density at radius 3 is 2.68 bits per heavy atom. The van der Waals surface area contributed by atoms with E-state index in [1.807, 2.05) is 6.92 Å². The first-order valence-corrected chi connectivity index (χ1v) is 6.56. The van der Waals surface area contributed by atoms with Gasteiger partial charge in [-0.15, -0.1) is 0 Å². The molecule has 1 aliphatic rings. The summed E-state index contributed by atoms with van der Waals surface area (Å²) in [5.74, 6) is -1.35. The first-order valence-electron chi connectivity index (χ1n) is 6.56. The Morgan fingerprint density at radius 1 is 1.37 bits per heavy atom. The van der Waals surface area contributed by atoms with Crippen molar-refractivity contribution in [1.29, 1.82) is 0 Å². The molecular weight excluding hydrogens is 244 g/mol. The van der Waals surface area contributed by atoms with Gasteiger partial charge in [-0.1, -0.05) is 19.4 Å². The summed E-state index contributed by atoms with van der Waals surface area (Å²) in [5.41, 5.74) is 0. The SMILES string of the molecule is CCC1CC(C(=O)O)C(C(=O)Nc2ccccn2)C1. The summed E-state index contributed by atoms with van der Waals surface area (Å²) < 4.78 is 0. The highest BCUT2D eigenvalue weighted by atomic mass is 16.4. The highest BCUT2D eigenvalue weighted by Gasteiger charge is 2.42. The van der Waals surface area contributed by atoms with E-state index in [-0.39, 0.29) is 5.91 Å². The number of aliphatic carboxylic acids is 1. The molecule has 3 atom stereocenters. The lowest BCUT2D eigenvalue weighted by Crippen LogP contribution is -2.30. The molecule has 5 heteroatoms. The Balaban J connectivity index is 2.07. The number of rotatable bonds is 4. The van der Waals surface area contributed by atoms with Crippen LogP contribution in [-0.4, -0.2) is 22.0 Å². The van der Waals surface area contributed by atoms with Crippen molar-refractivity contribution in [3.63, 3.8) is 0 Å². The molecule has 1 aliphatic carbocycles. The largest absolute Gasteiger partial charge is 0.481 e. The van der Waals surface area contributed by atoms with E-state index in [2.05, 4.69) is 10.3 Å². The topological polar surface area (TPSA) is 79.3 Å². The van der Waals surface area contributed by atoms with Crippen LogP contribution in [0.3, 0.4) is 0 Å². The second-order valence-electron chi connectivity index (χ2n) is 5.00. The van der Waals surface area contributed by atoms with Crippen LogP contribution in [0.1, 0.15) is 26.2 Å². The zero-order chi connectivity index (χ0) is 13.8. The number of anilines is 1. The third kappa shape index (κ3) is 3.10. The fraction of sp³-hybridized carbons (Fsp3) is 0.500. The fourth-order valence-electron chi connectivity index (χ4n) is 2.69. The summed E-state index contributed by atoms with van der Waals surface area (Å²) >= 11 is 0. The molecule has 0 aliphatic heterocycles. The van der Waals surface area contributed by atoms with Gasteiger partial charge in [0.1, 0.15) is 5.82 Å². The van der Waals surface area contributed by atoms with Gasteiger partial charge in [-0.2, -0.15) is 0 Å². The van der Waals surface area contributed by atoms with E-state index in [1.54, 1.807) is 24.4 Å². The molecule has 1 saturated carbocycles. The molecule has 1 aromatic heterocycles. The minimum atomic E-state index is -0.878. The maximum absolute atomic E-state index is 12.2. The second-order valence-corrected chi connectivity index (χ2v) is 5.00. The monoisotopic (exact) mass is 262 g/mol. The summed E-state index contributed by atoms with van der Waals surface area (Å²) in [5, 5.41) is 11.9. The van der Waals surface area contributed by atoms with Crippen molar-refractivity contribution >= 4 is 17.7 Å².